The quantitative estimate of drug-likeness (QED) is 0.869. The van der Waals surface area contributed by atoms with Crippen molar-refractivity contribution in [1.29, 1.82) is 0 Å². The van der Waals surface area contributed by atoms with Gasteiger partial charge in [-0.25, -0.2) is 0 Å². The summed E-state index contributed by atoms with van der Waals surface area (Å²) in [6, 6.07) is 4.56. The van der Waals surface area contributed by atoms with Crippen molar-refractivity contribution >= 4 is 15.9 Å². The lowest BCUT2D eigenvalue weighted by atomic mass is 10.1. The average Bonchev–Trinajstić information content (AvgIpc) is 2.68. The van der Waals surface area contributed by atoms with Crippen molar-refractivity contribution in [3.8, 4) is 0 Å². The number of aromatic nitrogens is 3. The highest BCUT2D eigenvalue weighted by atomic mass is 79.9. The highest BCUT2D eigenvalue weighted by molar-refractivity contribution is 9.10. The Kier molecular flexibility index (Phi) is 5.53. The maximum Gasteiger partial charge on any atom is 0.0834 e. The van der Waals surface area contributed by atoms with Crippen LogP contribution >= 0.6 is 15.9 Å². The molecule has 114 valence electrons. The van der Waals surface area contributed by atoms with Gasteiger partial charge in [-0.1, -0.05) is 13.8 Å². The van der Waals surface area contributed by atoms with E-state index in [-0.39, 0.29) is 0 Å². The average molecular weight is 351 g/mol. The minimum Gasteiger partial charge on any atom is -0.314 e. The molecular formula is C16H23BrN4. The molecular weight excluding hydrogens is 328 g/mol. The lowest BCUT2D eigenvalue weighted by Crippen LogP contribution is -2.25. The van der Waals surface area contributed by atoms with Crippen molar-refractivity contribution in [2.24, 2.45) is 0 Å². The summed E-state index contributed by atoms with van der Waals surface area (Å²) in [4.78, 5) is 4.42. The fraction of sp³-hybridized carbons (Fsp3) is 0.500. The van der Waals surface area contributed by atoms with Gasteiger partial charge in [0, 0.05) is 22.4 Å². The number of hydrogen-bond acceptors (Lipinski definition) is 3. The Hall–Kier alpha value is -1.20. The maximum atomic E-state index is 4.66. The van der Waals surface area contributed by atoms with Crippen LogP contribution in [-0.4, -0.2) is 27.4 Å². The third-order valence-corrected chi connectivity index (χ3v) is 4.03. The van der Waals surface area contributed by atoms with E-state index in [1.807, 2.05) is 18.3 Å². The fourth-order valence-electron chi connectivity index (χ4n) is 2.39. The minimum atomic E-state index is 0.521. The van der Waals surface area contributed by atoms with Crippen LogP contribution in [0.5, 0.6) is 0 Å². The molecule has 0 unspecified atom stereocenters. The Morgan fingerprint density at radius 2 is 2.05 bits per heavy atom. The van der Waals surface area contributed by atoms with Crippen LogP contribution in [0.15, 0.2) is 22.8 Å². The topological polar surface area (TPSA) is 42.7 Å². The molecule has 0 fully saturated rings. The van der Waals surface area contributed by atoms with E-state index < -0.39 is 0 Å². The summed E-state index contributed by atoms with van der Waals surface area (Å²) in [6.45, 7) is 10.3. The van der Waals surface area contributed by atoms with Crippen molar-refractivity contribution in [3.05, 3.63) is 45.4 Å². The molecule has 0 bridgehead atoms. The Morgan fingerprint density at radius 3 is 2.67 bits per heavy atom. The first-order valence-corrected chi connectivity index (χ1v) is 8.13. The molecule has 1 N–H and O–H groups in total. The van der Waals surface area contributed by atoms with Gasteiger partial charge in [-0.05, 0) is 60.4 Å². The summed E-state index contributed by atoms with van der Waals surface area (Å²) < 4.78 is 3.05. The summed E-state index contributed by atoms with van der Waals surface area (Å²) >= 11 is 3.41. The van der Waals surface area contributed by atoms with Crippen LogP contribution < -0.4 is 5.32 Å². The maximum absolute atomic E-state index is 4.66. The Balaban J connectivity index is 2.09. The third kappa shape index (κ3) is 4.38. The second kappa shape index (κ2) is 7.18. The highest BCUT2D eigenvalue weighted by Crippen LogP contribution is 2.15. The van der Waals surface area contributed by atoms with Crippen LogP contribution in [0.4, 0.5) is 0 Å². The van der Waals surface area contributed by atoms with E-state index in [0.717, 1.165) is 35.4 Å². The summed E-state index contributed by atoms with van der Waals surface area (Å²) in [5.41, 5.74) is 4.73. The molecule has 0 radical (unpaired) electrons. The minimum absolute atomic E-state index is 0.521. The standard InChI is InChI=1S/C16H23BrN4/c1-11(2)18-8-7-16-12(3)20-21(13(16)4)10-15-6-5-14(17)9-19-15/h5-6,9,11,18H,7-8,10H2,1-4H3. The first-order valence-electron chi connectivity index (χ1n) is 7.34. The molecule has 0 aliphatic carbocycles. The number of hydrogen-bond donors (Lipinski definition) is 1. The molecule has 0 aliphatic rings. The van der Waals surface area contributed by atoms with Crippen LogP contribution in [0.1, 0.15) is 36.5 Å². The van der Waals surface area contributed by atoms with Gasteiger partial charge in [-0.3, -0.25) is 9.67 Å². The van der Waals surface area contributed by atoms with Crippen molar-refractivity contribution in [3.63, 3.8) is 0 Å². The van der Waals surface area contributed by atoms with Gasteiger partial charge >= 0.3 is 0 Å². The largest absolute Gasteiger partial charge is 0.314 e. The van der Waals surface area contributed by atoms with Gasteiger partial charge in [-0.2, -0.15) is 5.10 Å². The van der Waals surface area contributed by atoms with Gasteiger partial charge in [0.15, 0.2) is 0 Å². The van der Waals surface area contributed by atoms with Gasteiger partial charge in [0.25, 0.3) is 0 Å². The van der Waals surface area contributed by atoms with E-state index in [1.54, 1.807) is 0 Å². The zero-order chi connectivity index (χ0) is 15.4. The number of nitrogens with one attached hydrogen (secondary N) is 1. The molecule has 0 aliphatic heterocycles. The third-order valence-electron chi connectivity index (χ3n) is 3.56. The predicted molar refractivity (Wildman–Crippen MR) is 89.6 cm³/mol. The zero-order valence-electron chi connectivity index (χ0n) is 13.2. The summed E-state index contributed by atoms with van der Waals surface area (Å²) in [5.74, 6) is 0. The molecule has 2 aromatic heterocycles. The van der Waals surface area contributed by atoms with Crippen molar-refractivity contribution < 1.29 is 0 Å². The SMILES string of the molecule is Cc1nn(Cc2ccc(Br)cn2)c(C)c1CCNC(C)C. The molecule has 4 nitrogen and oxygen atoms in total. The van der Waals surface area contributed by atoms with Crippen molar-refractivity contribution in [2.45, 2.75) is 46.7 Å². The molecule has 2 aromatic rings. The predicted octanol–water partition coefficient (Wildman–Crippen LogP) is 3.25. The van der Waals surface area contributed by atoms with Crippen molar-refractivity contribution in [1.82, 2.24) is 20.1 Å². The molecule has 5 heteroatoms. The normalized spacial score (nSPS) is 11.3. The number of rotatable bonds is 6. The summed E-state index contributed by atoms with van der Waals surface area (Å²) in [5, 5.41) is 8.12. The molecule has 2 heterocycles. The molecule has 0 aromatic carbocycles. The Labute approximate surface area is 135 Å². The van der Waals surface area contributed by atoms with Crippen LogP contribution in [0.3, 0.4) is 0 Å². The number of pyridine rings is 1. The number of nitrogens with zero attached hydrogens (tertiary/aromatic N) is 3. The zero-order valence-corrected chi connectivity index (χ0v) is 14.7. The van der Waals surface area contributed by atoms with Gasteiger partial charge in [-0.15, -0.1) is 0 Å². The molecule has 0 saturated carbocycles. The second-order valence-electron chi connectivity index (χ2n) is 5.63. The van der Waals surface area contributed by atoms with Crippen molar-refractivity contribution in [2.75, 3.05) is 6.54 Å². The van der Waals surface area contributed by atoms with Gasteiger partial charge in [0.1, 0.15) is 0 Å². The first-order chi connectivity index (χ1) is 9.97. The Bertz CT molecular complexity index is 587. The summed E-state index contributed by atoms with van der Waals surface area (Å²) in [7, 11) is 0. The van der Waals surface area contributed by atoms with Crippen LogP contribution in [0.25, 0.3) is 0 Å². The lowest BCUT2D eigenvalue weighted by molar-refractivity contribution is 0.588. The smallest absolute Gasteiger partial charge is 0.0834 e. The Morgan fingerprint density at radius 1 is 1.29 bits per heavy atom. The second-order valence-corrected chi connectivity index (χ2v) is 6.55. The molecule has 0 amide bonds. The molecule has 21 heavy (non-hydrogen) atoms. The highest BCUT2D eigenvalue weighted by Gasteiger charge is 2.12. The van der Waals surface area contributed by atoms with Crippen LogP contribution in [0, 0.1) is 13.8 Å². The van der Waals surface area contributed by atoms with E-state index in [0.29, 0.717) is 6.04 Å². The molecule has 0 atom stereocenters. The lowest BCUT2D eigenvalue weighted by Gasteiger charge is -2.08. The van der Waals surface area contributed by atoms with E-state index >= 15 is 0 Å². The molecule has 0 spiro atoms. The van der Waals surface area contributed by atoms with Gasteiger partial charge in [0.05, 0.1) is 17.9 Å². The van der Waals surface area contributed by atoms with E-state index in [4.69, 9.17) is 0 Å². The van der Waals surface area contributed by atoms with E-state index in [9.17, 15) is 0 Å². The molecule has 2 rings (SSSR count). The van der Waals surface area contributed by atoms with Gasteiger partial charge < -0.3 is 5.32 Å². The van der Waals surface area contributed by atoms with Crippen LogP contribution in [-0.2, 0) is 13.0 Å². The van der Waals surface area contributed by atoms with E-state index in [2.05, 4.69) is 63.7 Å². The van der Waals surface area contributed by atoms with Crippen LogP contribution in [0.2, 0.25) is 0 Å². The summed E-state index contributed by atoms with van der Waals surface area (Å²) in [6.07, 6.45) is 2.85. The first kappa shape index (κ1) is 16.2. The van der Waals surface area contributed by atoms with E-state index in [1.165, 1.54) is 11.3 Å². The molecule has 0 saturated heterocycles. The number of aryl methyl sites for hydroxylation is 1. The number of halogens is 1. The van der Waals surface area contributed by atoms with Gasteiger partial charge in [0.2, 0.25) is 0 Å². The monoisotopic (exact) mass is 350 g/mol. The fourth-order valence-corrected chi connectivity index (χ4v) is 2.62.